The van der Waals surface area contributed by atoms with Crippen molar-refractivity contribution in [2.75, 3.05) is 40.6 Å². The van der Waals surface area contributed by atoms with Crippen molar-refractivity contribution in [3.63, 3.8) is 0 Å². The molecule has 2 aromatic rings. The number of nitrogens with one attached hydrogen (secondary N) is 3. The number of ether oxygens (including phenoxy) is 6. The molecular formula is C29H35BrN4O10. The van der Waals surface area contributed by atoms with Crippen LogP contribution < -0.4 is 35.0 Å². The molecule has 0 bridgehead atoms. The summed E-state index contributed by atoms with van der Waals surface area (Å²) in [5.41, 5.74) is 4.38. The van der Waals surface area contributed by atoms with Gasteiger partial charge in [-0.15, -0.1) is 0 Å². The summed E-state index contributed by atoms with van der Waals surface area (Å²) >= 11 is 3.40. The van der Waals surface area contributed by atoms with Crippen LogP contribution in [0.15, 0.2) is 51.2 Å². The van der Waals surface area contributed by atoms with Gasteiger partial charge < -0.3 is 44.2 Å². The van der Waals surface area contributed by atoms with Crippen LogP contribution in [0, 0.1) is 0 Å². The van der Waals surface area contributed by atoms with Gasteiger partial charge in [-0.3, -0.25) is 5.43 Å². The first kappa shape index (κ1) is 34.0. The molecule has 44 heavy (non-hydrogen) atoms. The number of rotatable bonds is 15. The summed E-state index contributed by atoms with van der Waals surface area (Å²) in [6.07, 6.45) is 0.256. The molecule has 0 spiro atoms. The topological polar surface area (TPSA) is 175 Å². The largest absolute Gasteiger partial charge is 0.493 e. The van der Waals surface area contributed by atoms with Crippen LogP contribution in [0.4, 0.5) is 4.79 Å². The maximum absolute atomic E-state index is 12.4. The zero-order valence-corrected chi connectivity index (χ0v) is 26.5. The maximum atomic E-state index is 12.4. The number of benzene rings is 2. The van der Waals surface area contributed by atoms with E-state index in [2.05, 4.69) is 37.1 Å². The van der Waals surface area contributed by atoms with Gasteiger partial charge in [0.25, 0.3) is 0 Å². The standard InChI is InChI=1S/C29H35BrN4O10/c1-6-41-21-12-18(26-25(28(37)40-5)16(3)32-29(38)33-26)8-9-20(21)43-14-23(35)34-31-13-17-10-19(30)27(22(11-17)39-4)44-15-24(36)42-7-2/h8-13,23,26,34-35H,6-7,14-15H2,1-5H3,(H2,32,33,38)/b31-13-/t23-,26-/m1/s1. The third kappa shape index (κ3) is 9.00. The van der Waals surface area contributed by atoms with E-state index >= 15 is 0 Å². The average molecular weight is 680 g/mol. The molecular weight excluding hydrogens is 644 g/mol. The second-order valence-corrected chi connectivity index (χ2v) is 9.90. The van der Waals surface area contributed by atoms with E-state index in [1.54, 1.807) is 51.1 Å². The van der Waals surface area contributed by atoms with Crippen LogP contribution in [-0.4, -0.2) is 76.2 Å². The van der Waals surface area contributed by atoms with Gasteiger partial charge >= 0.3 is 18.0 Å². The number of aliphatic hydroxyl groups is 1. The summed E-state index contributed by atoms with van der Waals surface area (Å²) in [5, 5.41) is 19.8. The van der Waals surface area contributed by atoms with Gasteiger partial charge in [0.2, 0.25) is 0 Å². The number of hydrogen-bond acceptors (Lipinski definition) is 12. The van der Waals surface area contributed by atoms with E-state index in [4.69, 9.17) is 28.4 Å². The number of carbonyl (C=O) groups excluding carboxylic acids is 3. The van der Waals surface area contributed by atoms with Gasteiger partial charge in [-0.05, 0) is 72.1 Å². The Labute approximate surface area is 262 Å². The molecule has 2 aromatic carbocycles. The van der Waals surface area contributed by atoms with Crippen molar-refractivity contribution >= 4 is 40.1 Å². The van der Waals surface area contributed by atoms with Crippen LogP contribution in [0.1, 0.15) is 37.9 Å². The molecule has 1 aliphatic heterocycles. The van der Waals surface area contributed by atoms with Crippen molar-refractivity contribution in [2.24, 2.45) is 5.10 Å². The van der Waals surface area contributed by atoms with Crippen molar-refractivity contribution in [1.82, 2.24) is 16.1 Å². The van der Waals surface area contributed by atoms with Gasteiger partial charge in [0.1, 0.15) is 6.61 Å². The summed E-state index contributed by atoms with van der Waals surface area (Å²) in [7, 11) is 2.72. The molecule has 0 saturated heterocycles. The highest BCUT2D eigenvalue weighted by Crippen LogP contribution is 2.37. The molecule has 2 atom stereocenters. The van der Waals surface area contributed by atoms with Gasteiger partial charge in [0.15, 0.2) is 35.8 Å². The van der Waals surface area contributed by atoms with E-state index in [1.165, 1.54) is 20.4 Å². The molecule has 238 valence electrons. The number of carbonyl (C=O) groups is 3. The van der Waals surface area contributed by atoms with Crippen molar-refractivity contribution in [3.05, 3.63) is 57.2 Å². The van der Waals surface area contributed by atoms with E-state index in [0.717, 1.165) is 0 Å². The third-order valence-electron chi connectivity index (χ3n) is 6.00. The molecule has 4 N–H and O–H groups in total. The first-order chi connectivity index (χ1) is 21.1. The molecule has 0 aromatic heterocycles. The zero-order valence-electron chi connectivity index (χ0n) is 24.9. The molecule has 0 radical (unpaired) electrons. The van der Waals surface area contributed by atoms with Crippen LogP contribution in [0.2, 0.25) is 0 Å². The van der Waals surface area contributed by atoms with Gasteiger partial charge in [0, 0.05) is 5.70 Å². The second kappa shape index (κ2) is 16.4. The van der Waals surface area contributed by atoms with Crippen molar-refractivity contribution in [2.45, 2.75) is 33.0 Å². The number of hydrogen-bond donors (Lipinski definition) is 4. The lowest BCUT2D eigenvalue weighted by Gasteiger charge is -2.28. The first-order valence-corrected chi connectivity index (χ1v) is 14.3. The van der Waals surface area contributed by atoms with E-state index < -0.39 is 30.2 Å². The van der Waals surface area contributed by atoms with Crippen molar-refractivity contribution in [1.29, 1.82) is 0 Å². The Morgan fingerprint density at radius 3 is 2.55 bits per heavy atom. The van der Waals surface area contributed by atoms with Crippen molar-refractivity contribution < 1.29 is 47.9 Å². The van der Waals surface area contributed by atoms with E-state index in [9.17, 15) is 19.5 Å². The van der Waals surface area contributed by atoms with Crippen molar-refractivity contribution in [3.8, 4) is 23.0 Å². The quantitative estimate of drug-likeness (QED) is 0.0943. The number of esters is 2. The predicted octanol–water partition coefficient (Wildman–Crippen LogP) is 2.92. The fourth-order valence-corrected chi connectivity index (χ4v) is 4.68. The van der Waals surface area contributed by atoms with E-state index in [0.29, 0.717) is 50.9 Å². The Morgan fingerprint density at radius 1 is 1.09 bits per heavy atom. The lowest BCUT2D eigenvalue weighted by Crippen LogP contribution is -2.45. The Bertz CT molecular complexity index is 1410. The summed E-state index contributed by atoms with van der Waals surface area (Å²) < 4.78 is 32.7. The molecule has 1 heterocycles. The smallest absolute Gasteiger partial charge is 0.344 e. The van der Waals surface area contributed by atoms with Crippen LogP contribution in [0.5, 0.6) is 23.0 Å². The first-order valence-electron chi connectivity index (χ1n) is 13.5. The highest BCUT2D eigenvalue weighted by atomic mass is 79.9. The number of aliphatic hydroxyl groups excluding tert-OH is 1. The Balaban J connectivity index is 1.66. The zero-order chi connectivity index (χ0) is 32.2. The molecule has 0 unspecified atom stereocenters. The Kier molecular flexibility index (Phi) is 12.7. The Hall–Kier alpha value is -4.50. The van der Waals surface area contributed by atoms with Gasteiger partial charge in [0.05, 0.1) is 49.7 Å². The number of hydrazone groups is 1. The fraction of sp³-hybridized carbons (Fsp3) is 0.379. The van der Waals surface area contributed by atoms with Crippen LogP contribution in [0.25, 0.3) is 0 Å². The maximum Gasteiger partial charge on any atom is 0.344 e. The van der Waals surface area contributed by atoms with E-state index in [-0.39, 0.29) is 25.4 Å². The average Bonchev–Trinajstić information content (AvgIpc) is 2.99. The number of nitrogens with zero attached hydrogens (tertiary/aromatic N) is 1. The van der Waals surface area contributed by atoms with Gasteiger partial charge in [-0.25, -0.2) is 14.4 Å². The minimum atomic E-state index is -1.20. The molecule has 1 aliphatic rings. The number of allylic oxidation sites excluding steroid dienone is 1. The fourth-order valence-electron chi connectivity index (χ4n) is 4.11. The number of amides is 2. The number of urea groups is 1. The predicted molar refractivity (Wildman–Crippen MR) is 162 cm³/mol. The van der Waals surface area contributed by atoms with Crippen LogP contribution in [0.3, 0.4) is 0 Å². The highest BCUT2D eigenvalue weighted by molar-refractivity contribution is 9.10. The van der Waals surface area contributed by atoms with Crippen LogP contribution >= 0.6 is 15.9 Å². The molecule has 0 fully saturated rings. The monoisotopic (exact) mass is 678 g/mol. The summed E-state index contributed by atoms with van der Waals surface area (Å²) in [4.78, 5) is 36.2. The van der Waals surface area contributed by atoms with Crippen LogP contribution in [-0.2, 0) is 19.1 Å². The lowest BCUT2D eigenvalue weighted by molar-refractivity contribution is -0.145. The minimum Gasteiger partial charge on any atom is -0.493 e. The lowest BCUT2D eigenvalue weighted by atomic mass is 9.95. The molecule has 0 aliphatic carbocycles. The normalized spacial score (nSPS) is 15.2. The molecule has 3 rings (SSSR count). The second-order valence-electron chi connectivity index (χ2n) is 9.04. The molecule has 15 heteroatoms. The summed E-state index contributed by atoms with van der Waals surface area (Å²) in [6, 6.07) is 7.04. The van der Waals surface area contributed by atoms with Gasteiger partial charge in [-0.1, -0.05) is 6.07 Å². The third-order valence-corrected chi connectivity index (χ3v) is 6.59. The van der Waals surface area contributed by atoms with E-state index in [1.807, 2.05) is 0 Å². The molecule has 0 saturated carbocycles. The summed E-state index contributed by atoms with van der Waals surface area (Å²) in [6.45, 7) is 5.20. The Morgan fingerprint density at radius 2 is 1.86 bits per heavy atom. The number of methoxy groups -OCH3 is 2. The minimum absolute atomic E-state index is 0.194. The van der Waals surface area contributed by atoms with Gasteiger partial charge in [-0.2, -0.15) is 5.10 Å². The SMILES string of the molecule is CCOC(=O)COc1c(Br)cc(/C=N\N[C@H](O)COc2ccc([C@H]3NC(=O)NC(C)=C3C(=O)OC)cc2OCC)cc1OC. The molecule has 14 nitrogen and oxygen atoms in total. The molecule has 2 amide bonds. The highest BCUT2D eigenvalue weighted by Gasteiger charge is 2.32. The summed E-state index contributed by atoms with van der Waals surface area (Å²) in [5.74, 6) is 0.259. The number of halogens is 1.